The lowest BCUT2D eigenvalue weighted by atomic mass is 9.77. The molecule has 0 fully saturated rings. The first-order chi connectivity index (χ1) is 16.5. The van der Waals surface area contributed by atoms with Gasteiger partial charge in [0.05, 0.1) is 25.8 Å². The van der Waals surface area contributed by atoms with Crippen LogP contribution in [0.5, 0.6) is 17.2 Å². The van der Waals surface area contributed by atoms with Crippen molar-refractivity contribution in [3.63, 3.8) is 0 Å². The number of nitrogens with one attached hydrogen (secondary N) is 2. The van der Waals surface area contributed by atoms with Crippen LogP contribution in [0.2, 0.25) is 0 Å². The minimum atomic E-state index is -0.633. The number of methoxy groups -OCH3 is 2. The average molecular weight is 477 g/mol. The molecule has 0 spiro atoms. The van der Waals surface area contributed by atoms with Gasteiger partial charge >= 0.3 is 5.97 Å². The third-order valence-electron chi connectivity index (χ3n) is 5.62. The number of hydrogen-bond donors (Lipinski definition) is 3. The summed E-state index contributed by atoms with van der Waals surface area (Å²) in [6.45, 7) is 0. The Morgan fingerprint density at radius 2 is 1.62 bits per heavy atom. The molecule has 4 N–H and O–H groups in total. The van der Waals surface area contributed by atoms with Crippen LogP contribution in [-0.2, 0) is 4.79 Å². The number of benzene rings is 3. The molecular formula is C25H24N4O4S. The summed E-state index contributed by atoms with van der Waals surface area (Å²) in [7, 11) is 3.20. The summed E-state index contributed by atoms with van der Waals surface area (Å²) in [4.78, 5) is 13.2. The lowest BCUT2D eigenvalue weighted by molar-refractivity contribution is -0.134. The van der Waals surface area contributed by atoms with Crippen LogP contribution in [0.4, 0.5) is 0 Å². The van der Waals surface area contributed by atoms with Crippen LogP contribution in [-0.4, -0.2) is 31.0 Å². The topological polar surface area (TPSA) is 107 Å². The molecule has 0 unspecified atom stereocenters. The summed E-state index contributed by atoms with van der Waals surface area (Å²) >= 11 is 5.14. The number of rotatable bonds is 7. The molecule has 0 radical (unpaired) electrons. The number of carbonyl (C=O) groups is 1. The van der Waals surface area contributed by atoms with E-state index in [-0.39, 0.29) is 11.1 Å². The number of para-hydroxylation sites is 1. The maximum Gasteiger partial charge on any atom is 0.320 e. The molecule has 34 heavy (non-hydrogen) atoms. The van der Waals surface area contributed by atoms with Crippen LogP contribution in [0.3, 0.4) is 0 Å². The molecule has 0 saturated heterocycles. The Kier molecular flexibility index (Phi) is 7.05. The van der Waals surface area contributed by atoms with Crippen molar-refractivity contribution in [1.82, 2.24) is 10.9 Å². The van der Waals surface area contributed by atoms with Crippen LogP contribution >= 0.6 is 12.2 Å². The molecule has 0 aromatic heterocycles. The Hall–Kier alpha value is -3.95. The largest absolute Gasteiger partial charge is 0.497 e. The second-order valence-corrected chi connectivity index (χ2v) is 7.91. The Balaban J connectivity index is 1.90. The lowest BCUT2D eigenvalue weighted by Gasteiger charge is -2.25. The maximum absolute atomic E-state index is 13.2. The van der Waals surface area contributed by atoms with Gasteiger partial charge in [0.2, 0.25) is 5.11 Å². The Morgan fingerprint density at radius 1 is 1.00 bits per heavy atom. The Bertz CT molecular complexity index is 1210. The summed E-state index contributed by atoms with van der Waals surface area (Å²) in [5.41, 5.74) is 8.11. The highest BCUT2D eigenvalue weighted by atomic mass is 32.1. The fourth-order valence-corrected chi connectivity index (χ4v) is 4.03. The van der Waals surface area contributed by atoms with Gasteiger partial charge in [0, 0.05) is 11.5 Å². The number of hydrazine groups is 1. The smallest absolute Gasteiger partial charge is 0.320 e. The van der Waals surface area contributed by atoms with E-state index in [0.717, 1.165) is 16.7 Å². The van der Waals surface area contributed by atoms with Crippen molar-refractivity contribution in [2.24, 2.45) is 10.9 Å². The normalized spacial score (nSPS) is 15.7. The zero-order chi connectivity index (χ0) is 24.1. The molecule has 174 valence electrons. The molecule has 0 saturated carbocycles. The highest BCUT2D eigenvalue weighted by Gasteiger charge is 2.42. The highest BCUT2D eigenvalue weighted by Crippen LogP contribution is 2.45. The van der Waals surface area contributed by atoms with Crippen molar-refractivity contribution in [2.75, 3.05) is 14.2 Å². The first-order valence-corrected chi connectivity index (χ1v) is 10.9. The molecule has 0 aliphatic carbocycles. The van der Waals surface area contributed by atoms with Gasteiger partial charge in [-0.1, -0.05) is 30.3 Å². The van der Waals surface area contributed by atoms with E-state index in [9.17, 15) is 4.79 Å². The van der Waals surface area contributed by atoms with Crippen molar-refractivity contribution in [3.05, 3.63) is 89.5 Å². The van der Waals surface area contributed by atoms with Gasteiger partial charge < -0.3 is 14.2 Å². The van der Waals surface area contributed by atoms with Crippen molar-refractivity contribution >= 4 is 29.0 Å². The van der Waals surface area contributed by atoms with E-state index in [1.54, 1.807) is 20.3 Å². The zero-order valence-electron chi connectivity index (χ0n) is 18.6. The second kappa shape index (κ2) is 10.3. The summed E-state index contributed by atoms with van der Waals surface area (Å²) < 4.78 is 16.3. The lowest BCUT2D eigenvalue weighted by Crippen LogP contribution is -2.38. The van der Waals surface area contributed by atoms with E-state index in [1.165, 1.54) is 0 Å². The zero-order valence-corrected chi connectivity index (χ0v) is 19.5. The summed E-state index contributed by atoms with van der Waals surface area (Å²) in [6.07, 6.45) is 0. The van der Waals surface area contributed by atoms with Gasteiger partial charge in [-0.05, 0) is 65.8 Å². The summed E-state index contributed by atoms with van der Waals surface area (Å²) in [5, 5.41) is 4.73. The standard InChI is InChI=1S/C25H24N4O4S/c1-31-17-11-7-15(8-12-17)21(22-19-5-3-4-6-20(19)33-24(22)30)23(28-29-25(34)27-26)16-9-13-18(32-2)14-10-16/h3-14,21-22H,26H2,1-2H3,(H2,27,29,34)/b28-23+/t21-,22+/m1/s1. The SMILES string of the molecule is COc1ccc(/C(=N\NC(=S)NN)[C@H](c2ccc(OC)cc2)[C@H]2C(=O)Oc3ccccc32)cc1. The van der Waals surface area contributed by atoms with Crippen molar-refractivity contribution in [2.45, 2.75) is 11.8 Å². The monoisotopic (exact) mass is 476 g/mol. The molecule has 1 aliphatic rings. The van der Waals surface area contributed by atoms with E-state index in [1.807, 2.05) is 66.7 Å². The summed E-state index contributed by atoms with van der Waals surface area (Å²) in [5.74, 6) is 5.87. The van der Waals surface area contributed by atoms with Crippen molar-refractivity contribution in [3.8, 4) is 17.2 Å². The number of esters is 1. The van der Waals surface area contributed by atoms with Gasteiger partial charge in [-0.3, -0.25) is 15.6 Å². The molecule has 4 rings (SSSR count). The van der Waals surface area contributed by atoms with Gasteiger partial charge in [0.15, 0.2) is 0 Å². The number of hydrogen-bond acceptors (Lipinski definition) is 7. The molecule has 1 heterocycles. The molecule has 0 bridgehead atoms. The summed E-state index contributed by atoms with van der Waals surface area (Å²) in [6, 6.07) is 22.3. The van der Waals surface area contributed by atoms with Gasteiger partial charge in [-0.2, -0.15) is 5.10 Å². The third kappa shape index (κ3) is 4.70. The predicted octanol–water partition coefficient (Wildman–Crippen LogP) is 3.23. The van der Waals surface area contributed by atoms with Crippen molar-refractivity contribution in [1.29, 1.82) is 0 Å². The van der Waals surface area contributed by atoms with Crippen LogP contribution in [0, 0.1) is 0 Å². The minimum absolute atomic E-state index is 0.133. The van der Waals surface area contributed by atoms with E-state index < -0.39 is 11.8 Å². The number of fused-ring (bicyclic) bond motifs is 1. The molecule has 2 atom stereocenters. The second-order valence-electron chi connectivity index (χ2n) is 7.50. The minimum Gasteiger partial charge on any atom is -0.497 e. The molecule has 1 aliphatic heterocycles. The third-order valence-corrected chi connectivity index (χ3v) is 5.83. The predicted molar refractivity (Wildman–Crippen MR) is 133 cm³/mol. The van der Waals surface area contributed by atoms with Crippen LogP contribution in [0.25, 0.3) is 0 Å². The first-order valence-electron chi connectivity index (χ1n) is 10.5. The highest BCUT2D eigenvalue weighted by molar-refractivity contribution is 7.80. The molecule has 9 heteroatoms. The number of nitrogens with two attached hydrogens (primary N) is 1. The van der Waals surface area contributed by atoms with E-state index in [0.29, 0.717) is 23.0 Å². The number of ether oxygens (including phenoxy) is 3. The number of thiocarbonyl (C=S) groups is 1. The van der Waals surface area contributed by atoms with Gasteiger partial charge in [-0.15, -0.1) is 0 Å². The molecule has 3 aromatic rings. The maximum atomic E-state index is 13.2. The molecule has 3 aromatic carbocycles. The fraction of sp³-hybridized carbons (Fsp3) is 0.160. The fourth-order valence-electron chi connectivity index (χ4n) is 3.98. The first kappa shape index (κ1) is 23.2. The van der Waals surface area contributed by atoms with Crippen molar-refractivity contribution < 1.29 is 19.0 Å². The quantitative estimate of drug-likeness (QED) is 0.119. The van der Waals surface area contributed by atoms with Gasteiger partial charge in [-0.25, -0.2) is 5.84 Å². The van der Waals surface area contributed by atoms with Crippen LogP contribution in [0.15, 0.2) is 77.9 Å². The Labute approximate surface area is 202 Å². The number of hydrazone groups is 1. The number of nitrogens with zero attached hydrogens (tertiary/aromatic N) is 1. The molecular weight excluding hydrogens is 452 g/mol. The number of carbonyl (C=O) groups excluding carboxylic acids is 1. The van der Waals surface area contributed by atoms with E-state index >= 15 is 0 Å². The van der Waals surface area contributed by atoms with E-state index in [4.69, 9.17) is 32.3 Å². The molecule has 0 amide bonds. The average Bonchev–Trinajstić information content (AvgIpc) is 3.21. The van der Waals surface area contributed by atoms with Crippen LogP contribution in [0.1, 0.15) is 28.5 Å². The van der Waals surface area contributed by atoms with Gasteiger partial charge in [0.1, 0.15) is 17.2 Å². The van der Waals surface area contributed by atoms with Crippen LogP contribution < -0.4 is 30.9 Å². The molecule has 8 nitrogen and oxygen atoms in total. The van der Waals surface area contributed by atoms with E-state index in [2.05, 4.69) is 16.0 Å². The van der Waals surface area contributed by atoms with Gasteiger partial charge in [0.25, 0.3) is 0 Å². The Morgan fingerprint density at radius 3 is 2.24 bits per heavy atom.